The van der Waals surface area contributed by atoms with E-state index in [9.17, 15) is 9.18 Å². The van der Waals surface area contributed by atoms with Gasteiger partial charge in [0, 0.05) is 5.69 Å². The zero-order chi connectivity index (χ0) is 17.5. The summed E-state index contributed by atoms with van der Waals surface area (Å²) < 4.78 is 24.0. The number of nitrogens with zero attached hydrogens (tertiary/aromatic N) is 2. The number of amides is 1. The molecule has 0 radical (unpaired) electrons. The van der Waals surface area contributed by atoms with E-state index in [1.54, 1.807) is 6.07 Å². The largest absolute Gasteiger partial charge is 0.484 e. The number of anilines is 1. The molecule has 1 aromatic heterocycles. The molecule has 6 nitrogen and oxygen atoms in total. The molecule has 25 heavy (non-hydrogen) atoms. The van der Waals surface area contributed by atoms with E-state index in [0.717, 1.165) is 11.8 Å². The second-order valence-electron chi connectivity index (χ2n) is 4.91. The Morgan fingerprint density at radius 1 is 1.16 bits per heavy atom. The zero-order valence-electron chi connectivity index (χ0n) is 13.0. The van der Waals surface area contributed by atoms with Crippen LogP contribution in [0.25, 0.3) is 0 Å². The number of nitrogens with one attached hydrogen (secondary N) is 1. The van der Waals surface area contributed by atoms with Crippen molar-refractivity contribution in [3.05, 3.63) is 66.3 Å². The number of carbonyl (C=O) groups excluding carboxylic acids is 1. The summed E-state index contributed by atoms with van der Waals surface area (Å²) in [5.41, 5.74) is 0.396. The lowest BCUT2D eigenvalue weighted by molar-refractivity contribution is -0.113. The van der Waals surface area contributed by atoms with E-state index >= 15 is 0 Å². The second kappa shape index (κ2) is 8.29. The Morgan fingerprint density at radius 3 is 2.80 bits per heavy atom. The first-order valence-electron chi connectivity index (χ1n) is 7.37. The van der Waals surface area contributed by atoms with Crippen LogP contribution in [0.4, 0.5) is 10.1 Å². The lowest BCUT2D eigenvalue weighted by atomic mass is 10.3. The van der Waals surface area contributed by atoms with Crippen molar-refractivity contribution in [2.45, 2.75) is 11.8 Å². The van der Waals surface area contributed by atoms with Gasteiger partial charge in [-0.3, -0.25) is 4.79 Å². The van der Waals surface area contributed by atoms with E-state index in [0.29, 0.717) is 17.3 Å². The fraction of sp³-hybridized carbons (Fsp3) is 0.118. The molecular weight excluding hydrogens is 345 g/mol. The highest BCUT2D eigenvalue weighted by atomic mass is 32.2. The minimum absolute atomic E-state index is 0.0672. The summed E-state index contributed by atoms with van der Waals surface area (Å²) in [7, 11) is 0. The van der Waals surface area contributed by atoms with Crippen LogP contribution < -0.4 is 10.1 Å². The minimum Gasteiger partial charge on any atom is -0.484 e. The van der Waals surface area contributed by atoms with Crippen LogP contribution in [-0.4, -0.2) is 21.9 Å². The number of rotatable bonds is 7. The zero-order valence-corrected chi connectivity index (χ0v) is 13.8. The number of halogens is 1. The Hall–Kier alpha value is -2.87. The molecule has 8 heteroatoms. The smallest absolute Gasteiger partial charge is 0.277 e. The molecule has 0 aliphatic rings. The van der Waals surface area contributed by atoms with Crippen molar-refractivity contribution in [3.8, 4) is 5.75 Å². The predicted molar refractivity (Wildman–Crippen MR) is 90.8 cm³/mol. The van der Waals surface area contributed by atoms with E-state index in [1.165, 1.54) is 18.2 Å². The third-order valence-electron chi connectivity index (χ3n) is 2.99. The highest BCUT2D eigenvalue weighted by molar-refractivity contribution is 7.99. The van der Waals surface area contributed by atoms with Crippen LogP contribution in [0.15, 0.2) is 64.2 Å². The average molecular weight is 359 g/mol. The van der Waals surface area contributed by atoms with Gasteiger partial charge in [-0.2, -0.15) is 0 Å². The van der Waals surface area contributed by atoms with Crippen molar-refractivity contribution in [2.75, 3.05) is 11.1 Å². The van der Waals surface area contributed by atoms with Crippen molar-refractivity contribution in [1.82, 2.24) is 10.2 Å². The Labute approximate surface area is 147 Å². The van der Waals surface area contributed by atoms with E-state index in [-0.39, 0.29) is 23.5 Å². The van der Waals surface area contributed by atoms with Gasteiger partial charge in [0.15, 0.2) is 6.61 Å². The van der Waals surface area contributed by atoms with Crippen LogP contribution in [-0.2, 0) is 11.4 Å². The Balaban J connectivity index is 1.45. The van der Waals surface area contributed by atoms with Gasteiger partial charge in [0.1, 0.15) is 11.6 Å². The monoisotopic (exact) mass is 359 g/mol. The van der Waals surface area contributed by atoms with Crippen molar-refractivity contribution in [3.63, 3.8) is 0 Å². The van der Waals surface area contributed by atoms with Crippen molar-refractivity contribution >= 4 is 23.4 Å². The lowest BCUT2D eigenvalue weighted by Gasteiger charge is -2.03. The van der Waals surface area contributed by atoms with Gasteiger partial charge in [0.05, 0.1) is 5.75 Å². The maximum Gasteiger partial charge on any atom is 0.277 e. The number of thioether (sulfide) groups is 1. The minimum atomic E-state index is -0.412. The van der Waals surface area contributed by atoms with Gasteiger partial charge in [-0.25, -0.2) is 4.39 Å². The lowest BCUT2D eigenvalue weighted by Crippen LogP contribution is -2.14. The summed E-state index contributed by atoms with van der Waals surface area (Å²) in [5.74, 6) is 0.375. The van der Waals surface area contributed by atoms with E-state index in [1.807, 2.05) is 30.3 Å². The molecule has 1 heterocycles. The summed E-state index contributed by atoms with van der Waals surface area (Å²) in [6, 6.07) is 14.9. The van der Waals surface area contributed by atoms with Gasteiger partial charge < -0.3 is 14.5 Å². The third-order valence-corrected chi connectivity index (χ3v) is 3.81. The number of ether oxygens (including phenoxy) is 1. The normalized spacial score (nSPS) is 10.4. The highest BCUT2D eigenvalue weighted by Crippen LogP contribution is 2.18. The van der Waals surface area contributed by atoms with Crippen molar-refractivity contribution < 1.29 is 18.3 Å². The van der Waals surface area contributed by atoms with Crippen molar-refractivity contribution in [2.24, 2.45) is 0 Å². The van der Waals surface area contributed by atoms with Crippen LogP contribution >= 0.6 is 11.8 Å². The van der Waals surface area contributed by atoms with Crippen LogP contribution in [0.5, 0.6) is 5.75 Å². The fourth-order valence-electron chi connectivity index (χ4n) is 1.91. The molecule has 0 spiro atoms. The summed E-state index contributed by atoms with van der Waals surface area (Å²) in [6.07, 6.45) is 0. The molecule has 128 valence electrons. The van der Waals surface area contributed by atoms with Gasteiger partial charge in [0.2, 0.25) is 5.91 Å². The number of benzene rings is 2. The van der Waals surface area contributed by atoms with Crippen LogP contribution in [0.1, 0.15) is 5.89 Å². The number of carbonyl (C=O) groups is 1. The molecule has 0 aliphatic carbocycles. The maximum atomic E-state index is 13.1. The van der Waals surface area contributed by atoms with Crippen LogP contribution in [0.3, 0.4) is 0 Å². The SMILES string of the molecule is O=C(CSc1nnc(COc2ccccc2)o1)Nc1cccc(F)c1. The van der Waals surface area contributed by atoms with E-state index < -0.39 is 5.82 Å². The Bertz CT molecular complexity index is 842. The second-order valence-corrected chi connectivity index (χ2v) is 5.84. The number of aromatic nitrogens is 2. The molecule has 0 aliphatic heterocycles. The standard InChI is InChI=1S/C17H14FN3O3S/c18-12-5-4-6-13(9-12)19-15(22)11-25-17-21-20-16(24-17)10-23-14-7-2-1-3-8-14/h1-9H,10-11H2,(H,19,22). The topological polar surface area (TPSA) is 77.2 Å². The fourth-order valence-corrected chi connectivity index (χ4v) is 2.49. The van der Waals surface area contributed by atoms with Crippen molar-refractivity contribution in [1.29, 1.82) is 0 Å². The molecule has 0 unspecified atom stereocenters. The summed E-state index contributed by atoms with van der Waals surface area (Å²) in [5, 5.41) is 10.6. The summed E-state index contributed by atoms with van der Waals surface area (Å²) in [6.45, 7) is 0.146. The summed E-state index contributed by atoms with van der Waals surface area (Å²) in [4.78, 5) is 11.8. The molecule has 0 fully saturated rings. The number of hydrogen-bond acceptors (Lipinski definition) is 6. The van der Waals surface area contributed by atoms with Crippen LogP contribution in [0.2, 0.25) is 0 Å². The van der Waals surface area contributed by atoms with Gasteiger partial charge in [-0.1, -0.05) is 36.0 Å². The first-order chi connectivity index (χ1) is 12.2. The molecule has 1 N–H and O–H groups in total. The first kappa shape index (κ1) is 17.0. The Morgan fingerprint density at radius 2 is 2.00 bits per heavy atom. The van der Waals surface area contributed by atoms with Crippen LogP contribution in [0, 0.1) is 5.82 Å². The average Bonchev–Trinajstić information content (AvgIpc) is 3.07. The van der Waals surface area contributed by atoms with Gasteiger partial charge in [0.25, 0.3) is 11.1 Å². The maximum absolute atomic E-state index is 13.1. The molecule has 0 saturated carbocycles. The quantitative estimate of drug-likeness (QED) is 0.651. The van der Waals surface area contributed by atoms with Gasteiger partial charge in [-0.05, 0) is 30.3 Å². The molecule has 3 aromatic rings. The highest BCUT2D eigenvalue weighted by Gasteiger charge is 2.10. The molecular formula is C17H14FN3O3S. The molecule has 0 bridgehead atoms. The van der Waals surface area contributed by atoms with Gasteiger partial charge >= 0.3 is 0 Å². The van der Waals surface area contributed by atoms with E-state index in [4.69, 9.17) is 9.15 Å². The Kier molecular flexibility index (Phi) is 5.63. The first-order valence-corrected chi connectivity index (χ1v) is 8.36. The summed E-state index contributed by atoms with van der Waals surface area (Å²) >= 11 is 1.09. The number of hydrogen-bond donors (Lipinski definition) is 1. The van der Waals surface area contributed by atoms with Gasteiger partial charge in [-0.15, -0.1) is 10.2 Å². The molecule has 3 rings (SSSR count). The molecule has 1 amide bonds. The molecule has 0 saturated heterocycles. The molecule has 0 atom stereocenters. The molecule has 2 aromatic carbocycles. The third kappa shape index (κ3) is 5.32. The number of para-hydroxylation sites is 1. The van der Waals surface area contributed by atoms with E-state index in [2.05, 4.69) is 15.5 Å². The predicted octanol–water partition coefficient (Wildman–Crippen LogP) is 3.52.